The van der Waals surface area contributed by atoms with E-state index in [9.17, 15) is 4.79 Å². The van der Waals surface area contributed by atoms with Gasteiger partial charge in [-0.1, -0.05) is 35.3 Å². The van der Waals surface area contributed by atoms with Crippen molar-refractivity contribution < 1.29 is 14.3 Å². The highest BCUT2D eigenvalue weighted by atomic mass is 35.5. The molecule has 1 aliphatic rings. The van der Waals surface area contributed by atoms with Crippen LogP contribution in [0.25, 0.3) is 11.1 Å². The lowest BCUT2D eigenvalue weighted by Gasteiger charge is -2.24. The summed E-state index contributed by atoms with van der Waals surface area (Å²) >= 11 is 12.0. The number of halogens is 2. The van der Waals surface area contributed by atoms with Gasteiger partial charge in [0.2, 0.25) is 0 Å². The van der Waals surface area contributed by atoms with Crippen LogP contribution in [0.2, 0.25) is 10.0 Å². The second-order valence-electron chi connectivity index (χ2n) is 5.12. The summed E-state index contributed by atoms with van der Waals surface area (Å²) in [5, 5.41) is 1.06. The van der Waals surface area contributed by atoms with E-state index in [1.807, 2.05) is 24.3 Å². The maximum Gasteiger partial charge on any atom is 0.347 e. The average molecular weight is 337 g/mol. The van der Waals surface area contributed by atoms with E-state index in [1.54, 1.807) is 6.07 Å². The minimum Gasteiger partial charge on any atom is -0.478 e. The van der Waals surface area contributed by atoms with Gasteiger partial charge in [0.25, 0.3) is 0 Å². The molecule has 0 aromatic heterocycles. The van der Waals surface area contributed by atoms with E-state index in [0.29, 0.717) is 16.5 Å². The van der Waals surface area contributed by atoms with Gasteiger partial charge < -0.3 is 9.47 Å². The molecule has 0 saturated carbocycles. The third-order valence-corrected chi connectivity index (χ3v) is 4.46. The van der Waals surface area contributed by atoms with Crippen LogP contribution in [0.4, 0.5) is 0 Å². The van der Waals surface area contributed by atoms with Gasteiger partial charge in [0.05, 0.1) is 17.2 Å². The van der Waals surface area contributed by atoms with Crippen LogP contribution < -0.4 is 4.74 Å². The fourth-order valence-corrected chi connectivity index (χ4v) is 2.84. The molecule has 0 amide bonds. The lowest BCUT2D eigenvalue weighted by Crippen LogP contribution is -2.32. The smallest absolute Gasteiger partial charge is 0.347 e. The van der Waals surface area contributed by atoms with Crippen molar-refractivity contribution >= 4 is 29.2 Å². The second kappa shape index (κ2) is 6.19. The number of methoxy groups -OCH3 is 1. The molecule has 0 bridgehead atoms. The Morgan fingerprint density at radius 2 is 1.86 bits per heavy atom. The van der Waals surface area contributed by atoms with Crippen LogP contribution in [-0.4, -0.2) is 19.2 Å². The predicted octanol–water partition coefficient (Wildman–Crippen LogP) is 4.53. The first kappa shape index (κ1) is 15.2. The first-order chi connectivity index (χ1) is 10.6. The van der Waals surface area contributed by atoms with E-state index in [4.69, 9.17) is 32.7 Å². The van der Waals surface area contributed by atoms with Gasteiger partial charge in [0.1, 0.15) is 5.75 Å². The zero-order valence-corrected chi connectivity index (χ0v) is 13.4. The monoisotopic (exact) mass is 336 g/mol. The lowest BCUT2D eigenvalue weighted by molar-refractivity contribution is -0.149. The molecule has 1 heterocycles. The first-order valence-corrected chi connectivity index (χ1v) is 7.67. The number of aryl methyl sites for hydroxylation is 1. The van der Waals surface area contributed by atoms with Crippen LogP contribution in [0.3, 0.4) is 0 Å². The number of benzene rings is 2. The number of fused-ring (bicyclic) bond motifs is 1. The second-order valence-corrected chi connectivity index (χ2v) is 5.93. The highest BCUT2D eigenvalue weighted by molar-refractivity contribution is 6.42. The third-order valence-electron chi connectivity index (χ3n) is 3.72. The fourth-order valence-electron chi connectivity index (χ4n) is 2.54. The summed E-state index contributed by atoms with van der Waals surface area (Å²) in [5.74, 6) is 0.393. The van der Waals surface area contributed by atoms with Gasteiger partial charge in [-0.15, -0.1) is 0 Å². The van der Waals surface area contributed by atoms with Gasteiger partial charge in [0, 0.05) is 0 Å². The zero-order chi connectivity index (χ0) is 15.7. The van der Waals surface area contributed by atoms with Gasteiger partial charge in [-0.2, -0.15) is 0 Å². The molecule has 2 aromatic rings. The van der Waals surface area contributed by atoms with E-state index >= 15 is 0 Å². The quantitative estimate of drug-likeness (QED) is 0.756. The van der Waals surface area contributed by atoms with Crippen molar-refractivity contribution in [2.45, 2.75) is 18.9 Å². The molecule has 1 atom stereocenters. The zero-order valence-electron chi connectivity index (χ0n) is 11.9. The molecule has 0 aliphatic carbocycles. The maximum absolute atomic E-state index is 11.6. The molecule has 0 saturated heterocycles. The number of esters is 1. The van der Waals surface area contributed by atoms with Crippen molar-refractivity contribution in [3.63, 3.8) is 0 Å². The van der Waals surface area contributed by atoms with Crippen LogP contribution in [0.1, 0.15) is 12.0 Å². The molecule has 114 valence electrons. The highest BCUT2D eigenvalue weighted by Gasteiger charge is 2.26. The Balaban J connectivity index is 1.89. The van der Waals surface area contributed by atoms with E-state index < -0.39 is 6.10 Å². The van der Waals surface area contributed by atoms with Crippen molar-refractivity contribution in [1.82, 2.24) is 0 Å². The molecule has 5 heteroatoms. The Labute approximate surface area is 138 Å². The Bertz CT molecular complexity index is 728. The van der Waals surface area contributed by atoms with Crippen LogP contribution in [-0.2, 0) is 16.0 Å². The molecule has 3 rings (SSSR count). The molecule has 22 heavy (non-hydrogen) atoms. The molecular weight excluding hydrogens is 323 g/mol. The summed E-state index contributed by atoms with van der Waals surface area (Å²) in [5.41, 5.74) is 3.11. The molecule has 3 nitrogen and oxygen atoms in total. The largest absolute Gasteiger partial charge is 0.478 e. The highest BCUT2D eigenvalue weighted by Crippen LogP contribution is 2.34. The average Bonchev–Trinajstić information content (AvgIpc) is 2.55. The number of hydrogen-bond acceptors (Lipinski definition) is 3. The summed E-state index contributed by atoms with van der Waals surface area (Å²) in [6.45, 7) is 0. The van der Waals surface area contributed by atoms with Crippen molar-refractivity contribution in [2.75, 3.05) is 7.11 Å². The van der Waals surface area contributed by atoms with Gasteiger partial charge in [-0.05, 0) is 53.8 Å². The standard InChI is InChI=1S/C17H14Cl2O3/c1-21-17(20)16-7-4-12-8-10(3-6-15(12)22-16)11-2-5-13(18)14(19)9-11/h2-3,5-6,8-9,16H,4,7H2,1H3. The van der Waals surface area contributed by atoms with E-state index in [-0.39, 0.29) is 5.97 Å². The minimum atomic E-state index is -0.520. The van der Waals surface area contributed by atoms with Crippen LogP contribution in [0.15, 0.2) is 36.4 Å². The third kappa shape index (κ3) is 2.92. The Kier molecular flexibility index (Phi) is 4.27. The van der Waals surface area contributed by atoms with Gasteiger partial charge in [-0.25, -0.2) is 4.79 Å². The van der Waals surface area contributed by atoms with E-state index in [0.717, 1.165) is 28.9 Å². The summed E-state index contributed by atoms with van der Waals surface area (Å²) in [7, 11) is 1.37. The number of carbonyl (C=O) groups is 1. The maximum atomic E-state index is 11.6. The number of ether oxygens (including phenoxy) is 2. The normalized spacial score (nSPS) is 16.6. The van der Waals surface area contributed by atoms with Gasteiger partial charge in [-0.3, -0.25) is 0 Å². The Hall–Kier alpha value is -1.71. The molecule has 1 unspecified atom stereocenters. The van der Waals surface area contributed by atoms with Crippen LogP contribution in [0.5, 0.6) is 5.75 Å². The fraction of sp³-hybridized carbons (Fsp3) is 0.235. The number of rotatable bonds is 2. The van der Waals surface area contributed by atoms with Crippen molar-refractivity contribution in [3.05, 3.63) is 52.0 Å². The molecule has 0 fully saturated rings. The number of hydrogen-bond donors (Lipinski definition) is 0. The Morgan fingerprint density at radius 1 is 1.14 bits per heavy atom. The summed E-state index contributed by atoms with van der Waals surface area (Å²) < 4.78 is 10.4. The Morgan fingerprint density at radius 3 is 2.59 bits per heavy atom. The van der Waals surface area contributed by atoms with E-state index in [1.165, 1.54) is 7.11 Å². The van der Waals surface area contributed by atoms with Crippen LogP contribution in [0, 0.1) is 0 Å². The predicted molar refractivity (Wildman–Crippen MR) is 86.7 cm³/mol. The van der Waals surface area contributed by atoms with Crippen molar-refractivity contribution in [1.29, 1.82) is 0 Å². The lowest BCUT2D eigenvalue weighted by atomic mass is 9.97. The molecule has 0 radical (unpaired) electrons. The number of carbonyl (C=O) groups excluding carboxylic acids is 1. The summed E-state index contributed by atoms with van der Waals surface area (Å²) in [6, 6.07) is 11.4. The van der Waals surface area contributed by atoms with Crippen molar-refractivity contribution in [2.24, 2.45) is 0 Å². The van der Waals surface area contributed by atoms with Gasteiger partial charge in [0.15, 0.2) is 6.10 Å². The molecule has 0 N–H and O–H groups in total. The SMILES string of the molecule is COC(=O)C1CCc2cc(-c3ccc(Cl)c(Cl)c3)ccc2O1. The van der Waals surface area contributed by atoms with Gasteiger partial charge >= 0.3 is 5.97 Å². The summed E-state index contributed by atoms with van der Waals surface area (Å²) in [6.07, 6.45) is 0.864. The summed E-state index contributed by atoms with van der Waals surface area (Å²) in [4.78, 5) is 11.6. The molecular formula is C17H14Cl2O3. The van der Waals surface area contributed by atoms with Crippen molar-refractivity contribution in [3.8, 4) is 16.9 Å². The minimum absolute atomic E-state index is 0.334. The van der Waals surface area contributed by atoms with E-state index in [2.05, 4.69) is 6.07 Å². The molecule has 1 aliphatic heterocycles. The first-order valence-electron chi connectivity index (χ1n) is 6.91. The molecule has 2 aromatic carbocycles. The van der Waals surface area contributed by atoms with Crippen LogP contribution >= 0.6 is 23.2 Å². The molecule has 0 spiro atoms. The topological polar surface area (TPSA) is 35.5 Å².